The Balaban J connectivity index is 1.84. The highest BCUT2D eigenvalue weighted by atomic mass is 19.1. The molecule has 0 spiro atoms. The van der Waals surface area contributed by atoms with Crippen molar-refractivity contribution in [3.8, 4) is 5.75 Å². The van der Waals surface area contributed by atoms with Crippen molar-refractivity contribution in [1.29, 1.82) is 0 Å². The second-order valence-electron chi connectivity index (χ2n) is 4.99. The van der Waals surface area contributed by atoms with Gasteiger partial charge in [-0.05, 0) is 18.2 Å². The fraction of sp³-hybridized carbons (Fsp3) is 0.222. The average molecular weight is 315 g/mol. The molecular weight excluding hydrogens is 297 g/mol. The van der Waals surface area contributed by atoms with Gasteiger partial charge in [0, 0.05) is 24.9 Å². The number of benzene rings is 2. The highest BCUT2D eigenvalue weighted by Crippen LogP contribution is 2.16. The van der Waals surface area contributed by atoms with E-state index in [1.54, 1.807) is 13.2 Å². The number of amides is 1. The van der Waals surface area contributed by atoms with Gasteiger partial charge in [-0.25, -0.2) is 4.39 Å². The summed E-state index contributed by atoms with van der Waals surface area (Å²) in [5.41, 5.74) is 0.869. The first-order chi connectivity index (χ1) is 11.1. The molecule has 0 aliphatic heterocycles. The minimum atomic E-state index is -0.563. The predicted octanol–water partition coefficient (Wildman–Crippen LogP) is 3.11. The van der Waals surface area contributed by atoms with Crippen LogP contribution in [0.3, 0.4) is 0 Å². The smallest absolute Gasteiger partial charge is 0.220 e. The number of nitrogens with one attached hydrogen (secondary N) is 1. The van der Waals surface area contributed by atoms with Gasteiger partial charge in [0.25, 0.3) is 0 Å². The molecule has 2 aromatic carbocycles. The van der Waals surface area contributed by atoms with Crippen LogP contribution in [-0.4, -0.2) is 18.8 Å². The van der Waals surface area contributed by atoms with Crippen LogP contribution in [0.25, 0.3) is 0 Å². The van der Waals surface area contributed by atoms with E-state index in [0.717, 1.165) is 5.56 Å². The monoisotopic (exact) mass is 315 g/mol. The zero-order chi connectivity index (χ0) is 16.7. The molecule has 120 valence electrons. The Morgan fingerprint density at radius 2 is 1.74 bits per heavy atom. The maximum Gasteiger partial charge on any atom is 0.220 e. The van der Waals surface area contributed by atoms with Gasteiger partial charge in [-0.15, -0.1) is 0 Å². The van der Waals surface area contributed by atoms with Gasteiger partial charge in [0.15, 0.2) is 5.78 Å². The Hall–Kier alpha value is -2.69. The lowest BCUT2D eigenvalue weighted by molar-refractivity contribution is -0.121. The maximum absolute atomic E-state index is 13.5. The van der Waals surface area contributed by atoms with E-state index in [4.69, 9.17) is 4.74 Å². The molecule has 0 bridgehead atoms. The van der Waals surface area contributed by atoms with Crippen LogP contribution in [-0.2, 0) is 11.3 Å². The number of ether oxygens (including phenoxy) is 1. The average Bonchev–Trinajstić information content (AvgIpc) is 2.58. The summed E-state index contributed by atoms with van der Waals surface area (Å²) >= 11 is 0. The van der Waals surface area contributed by atoms with Crippen LogP contribution in [0.4, 0.5) is 4.39 Å². The van der Waals surface area contributed by atoms with Crippen LogP contribution >= 0.6 is 0 Å². The van der Waals surface area contributed by atoms with Crippen molar-refractivity contribution in [3.63, 3.8) is 0 Å². The third-order valence-corrected chi connectivity index (χ3v) is 3.42. The number of para-hydroxylation sites is 1. The lowest BCUT2D eigenvalue weighted by Gasteiger charge is -2.09. The molecule has 0 radical (unpaired) electrons. The largest absolute Gasteiger partial charge is 0.496 e. The molecule has 1 amide bonds. The number of hydrogen-bond donors (Lipinski definition) is 1. The fourth-order valence-electron chi connectivity index (χ4n) is 2.18. The Morgan fingerprint density at radius 3 is 2.48 bits per heavy atom. The molecule has 0 saturated carbocycles. The van der Waals surface area contributed by atoms with Gasteiger partial charge in [0.2, 0.25) is 5.91 Å². The highest BCUT2D eigenvalue weighted by Gasteiger charge is 2.13. The lowest BCUT2D eigenvalue weighted by atomic mass is 10.1. The predicted molar refractivity (Wildman–Crippen MR) is 84.8 cm³/mol. The molecule has 0 aliphatic carbocycles. The third-order valence-electron chi connectivity index (χ3n) is 3.42. The first-order valence-electron chi connectivity index (χ1n) is 7.28. The zero-order valence-electron chi connectivity index (χ0n) is 12.8. The van der Waals surface area contributed by atoms with Crippen LogP contribution in [0.2, 0.25) is 0 Å². The van der Waals surface area contributed by atoms with Crippen LogP contribution in [0.15, 0.2) is 48.5 Å². The molecule has 0 aliphatic rings. The molecule has 0 heterocycles. The zero-order valence-corrected chi connectivity index (χ0v) is 12.8. The summed E-state index contributed by atoms with van der Waals surface area (Å²) in [6.45, 7) is 0.316. The van der Waals surface area contributed by atoms with Gasteiger partial charge >= 0.3 is 0 Å². The molecule has 5 heteroatoms. The van der Waals surface area contributed by atoms with Crippen LogP contribution in [0.1, 0.15) is 28.8 Å². The lowest BCUT2D eigenvalue weighted by Crippen LogP contribution is -2.23. The van der Waals surface area contributed by atoms with Crippen LogP contribution < -0.4 is 10.1 Å². The van der Waals surface area contributed by atoms with Crippen molar-refractivity contribution in [2.45, 2.75) is 19.4 Å². The summed E-state index contributed by atoms with van der Waals surface area (Å²) in [5, 5.41) is 2.73. The summed E-state index contributed by atoms with van der Waals surface area (Å²) < 4.78 is 18.7. The Labute approximate surface area is 134 Å². The molecule has 2 aromatic rings. The van der Waals surface area contributed by atoms with Gasteiger partial charge in [-0.2, -0.15) is 0 Å². The summed E-state index contributed by atoms with van der Waals surface area (Å²) in [6.07, 6.45) is -0.0129. The van der Waals surface area contributed by atoms with E-state index in [1.807, 2.05) is 24.3 Å². The van der Waals surface area contributed by atoms with E-state index in [0.29, 0.717) is 12.3 Å². The molecule has 4 nitrogen and oxygen atoms in total. The van der Waals surface area contributed by atoms with Crippen molar-refractivity contribution in [2.24, 2.45) is 0 Å². The molecule has 0 unspecified atom stereocenters. The van der Waals surface area contributed by atoms with E-state index in [-0.39, 0.29) is 30.1 Å². The van der Waals surface area contributed by atoms with Gasteiger partial charge in [0.1, 0.15) is 11.6 Å². The topological polar surface area (TPSA) is 55.4 Å². The van der Waals surface area contributed by atoms with Crippen molar-refractivity contribution < 1.29 is 18.7 Å². The van der Waals surface area contributed by atoms with Crippen molar-refractivity contribution >= 4 is 11.7 Å². The Bertz CT molecular complexity index is 700. The Kier molecular flexibility index (Phi) is 5.86. The molecule has 0 atom stereocenters. The van der Waals surface area contributed by atoms with E-state index < -0.39 is 5.82 Å². The quantitative estimate of drug-likeness (QED) is 0.799. The van der Waals surface area contributed by atoms with Crippen LogP contribution in [0, 0.1) is 5.82 Å². The standard InChI is InChI=1S/C18H18FNO3/c1-23-17-9-5-2-6-13(17)12-20-18(22)11-10-16(21)14-7-3-4-8-15(14)19/h2-9H,10-12H2,1H3,(H,20,22). The van der Waals surface area contributed by atoms with Crippen LogP contribution in [0.5, 0.6) is 5.75 Å². The number of ketones is 1. The normalized spacial score (nSPS) is 10.2. The van der Waals surface area contributed by atoms with Gasteiger partial charge in [-0.3, -0.25) is 9.59 Å². The van der Waals surface area contributed by atoms with Gasteiger partial charge < -0.3 is 10.1 Å². The minimum absolute atomic E-state index is 0.0162. The van der Waals surface area contributed by atoms with E-state index in [1.165, 1.54) is 18.2 Å². The van der Waals surface area contributed by atoms with Gasteiger partial charge in [0.05, 0.1) is 12.7 Å². The molecule has 0 fully saturated rings. The number of halogens is 1. The minimum Gasteiger partial charge on any atom is -0.496 e. The number of methoxy groups -OCH3 is 1. The van der Waals surface area contributed by atoms with Crippen molar-refractivity contribution in [2.75, 3.05) is 7.11 Å². The molecule has 1 N–H and O–H groups in total. The van der Waals surface area contributed by atoms with E-state index in [2.05, 4.69) is 5.32 Å². The molecular formula is C18H18FNO3. The first-order valence-corrected chi connectivity index (χ1v) is 7.28. The van der Waals surface area contributed by atoms with E-state index in [9.17, 15) is 14.0 Å². The van der Waals surface area contributed by atoms with E-state index >= 15 is 0 Å². The molecule has 23 heavy (non-hydrogen) atoms. The second-order valence-corrected chi connectivity index (χ2v) is 4.99. The molecule has 2 rings (SSSR count). The number of Topliss-reactive ketones (excluding diaryl/α,β-unsaturated/α-hetero) is 1. The summed E-state index contributed by atoms with van der Waals surface area (Å²) in [4.78, 5) is 23.7. The maximum atomic E-state index is 13.5. The molecule has 0 saturated heterocycles. The summed E-state index contributed by atoms with van der Waals surface area (Å²) in [7, 11) is 1.56. The summed E-state index contributed by atoms with van der Waals surface area (Å²) in [5.74, 6) is -0.515. The second kappa shape index (κ2) is 8.08. The first kappa shape index (κ1) is 16.7. The van der Waals surface area contributed by atoms with Crippen molar-refractivity contribution in [1.82, 2.24) is 5.32 Å². The number of rotatable bonds is 7. The SMILES string of the molecule is COc1ccccc1CNC(=O)CCC(=O)c1ccccc1F. The third kappa shape index (κ3) is 4.64. The Morgan fingerprint density at radius 1 is 1.04 bits per heavy atom. The highest BCUT2D eigenvalue weighted by molar-refractivity contribution is 5.98. The number of carbonyl (C=O) groups excluding carboxylic acids is 2. The van der Waals surface area contributed by atoms with Gasteiger partial charge in [-0.1, -0.05) is 30.3 Å². The van der Waals surface area contributed by atoms with Crippen molar-refractivity contribution in [3.05, 3.63) is 65.5 Å². The fourth-order valence-corrected chi connectivity index (χ4v) is 2.18. The number of carbonyl (C=O) groups is 2. The number of hydrogen-bond acceptors (Lipinski definition) is 3. The molecule has 0 aromatic heterocycles. The summed E-state index contributed by atoms with van der Waals surface area (Å²) in [6, 6.07) is 13.1.